The molecular formula is C16H22N4O2. The van der Waals surface area contributed by atoms with E-state index in [0.29, 0.717) is 25.2 Å². The highest BCUT2D eigenvalue weighted by atomic mass is 16.5. The molecule has 1 aromatic carbocycles. The van der Waals surface area contributed by atoms with Gasteiger partial charge in [0.2, 0.25) is 0 Å². The van der Waals surface area contributed by atoms with Crippen LogP contribution in [-0.2, 0) is 6.54 Å². The van der Waals surface area contributed by atoms with E-state index in [1.54, 1.807) is 24.2 Å². The summed E-state index contributed by atoms with van der Waals surface area (Å²) in [5, 5.41) is 7.09. The lowest BCUT2D eigenvalue weighted by Crippen LogP contribution is -2.24. The van der Waals surface area contributed by atoms with Gasteiger partial charge in [-0.25, -0.2) is 0 Å². The zero-order chi connectivity index (χ0) is 15.8. The van der Waals surface area contributed by atoms with E-state index in [4.69, 9.17) is 10.5 Å². The molecule has 0 atom stereocenters. The smallest absolute Gasteiger partial charge is 0.254 e. The third-order valence-corrected chi connectivity index (χ3v) is 3.32. The summed E-state index contributed by atoms with van der Waals surface area (Å²) in [6, 6.07) is 7.77. The van der Waals surface area contributed by atoms with Crippen LogP contribution in [0.1, 0.15) is 28.8 Å². The minimum Gasteiger partial charge on any atom is -0.497 e. The van der Waals surface area contributed by atoms with Gasteiger partial charge in [0.05, 0.1) is 25.4 Å². The number of benzene rings is 1. The number of nitrogens with zero attached hydrogens (tertiary/aromatic N) is 2. The Morgan fingerprint density at radius 3 is 2.77 bits per heavy atom. The van der Waals surface area contributed by atoms with Crippen LogP contribution < -0.4 is 15.8 Å². The predicted octanol–water partition coefficient (Wildman–Crippen LogP) is 1.41. The van der Waals surface area contributed by atoms with Crippen LogP contribution in [0.15, 0.2) is 36.7 Å². The second-order valence-corrected chi connectivity index (χ2v) is 5.03. The topological polar surface area (TPSA) is 82.2 Å². The first-order valence-electron chi connectivity index (χ1n) is 7.36. The molecule has 6 heteroatoms. The number of hydrogen-bond donors (Lipinski definition) is 2. The summed E-state index contributed by atoms with van der Waals surface area (Å²) in [5.41, 5.74) is 7.08. The first kappa shape index (κ1) is 16.0. The largest absolute Gasteiger partial charge is 0.497 e. The summed E-state index contributed by atoms with van der Waals surface area (Å²) in [4.78, 5) is 11.9. The molecule has 0 fully saturated rings. The molecule has 22 heavy (non-hydrogen) atoms. The number of carbonyl (C=O) groups excluding carboxylic acids is 1. The number of carbonyl (C=O) groups is 1. The van der Waals surface area contributed by atoms with E-state index in [2.05, 4.69) is 10.4 Å². The van der Waals surface area contributed by atoms with Crippen molar-refractivity contribution in [2.75, 3.05) is 20.2 Å². The number of ether oxygens (including phenoxy) is 1. The first-order valence-corrected chi connectivity index (χ1v) is 7.36. The van der Waals surface area contributed by atoms with E-state index in [9.17, 15) is 4.79 Å². The van der Waals surface area contributed by atoms with Crippen molar-refractivity contribution < 1.29 is 9.53 Å². The van der Waals surface area contributed by atoms with Gasteiger partial charge in [0.1, 0.15) is 5.75 Å². The lowest BCUT2D eigenvalue weighted by atomic mass is 10.2. The third-order valence-electron chi connectivity index (χ3n) is 3.32. The molecule has 2 rings (SSSR count). The van der Waals surface area contributed by atoms with Crippen molar-refractivity contribution in [2.45, 2.75) is 19.4 Å². The second-order valence-electron chi connectivity index (χ2n) is 5.03. The Hall–Kier alpha value is -2.34. The van der Waals surface area contributed by atoms with Crippen molar-refractivity contribution in [3.8, 4) is 5.75 Å². The maximum Gasteiger partial charge on any atom is 0.254 e. The molecule has 1 heterocycles. The molecule has 0 spiro atoms. The average molecular weight is 302 g/mol. The number of nitrogens with one attached hydrogen (secondary N) is 1. The Kier molecular flexibility index (Phi) is 5.97. The number of aromatic nitrogens is 2. The Bertz CT molecular complexity index is 592. The van der Waals surface area contributed by atoms with E-state index in [1.165, 1.54) is 0 Å². The highest BCUT2D eigenvalue weighted by Crippen LogP contribution is 2.12. The fourth-order valence-corrected chi connectivity index (χ4v) is 2.06. The Morgan fingerprint density at radius 2 is 2.09 bits per heavy atom. The minimum absolute atomic E-state index is 0.0991. The fraction of sp³-hybridized carbons (Fsp3) is 0.375. The van der Waals surface area contributed by atoms with Crippen LogP contribution in [-0.4, -0.2) is 35.9 Å². The molecule has 6 nitrogen and oxygen atoms in total. The van der Waals surface area contributed by atoms with Gasteiger partial charge in [-0.05, 0) is 37.1 Å². The lowest BCUT2D eigenvalue weighted by Gasteiger charge is -2.04. The van der Waals surface area contributed by atoms with Gasteiger partial charge < -0.3 is 15.8 Å². The summed E-state index contributed by atoms with van der Waals surface area (Å²) in [7, 11) is 1.64. The number of unbranched alkanes of at least 4 members (excludes halogenated alkanes) is 1. The van der Waals surface area contributed by atoms with E-state index in [1.807, 2.05) is 24.3 Å². The fourth-order valence-electron chi connectivity index (χ4n) is 2.06. The predicted molar refractivity (Wildman–Crippen MR) is 84.9 cm³/mol. The molecule has 0 aliphatic rings. The number of amides is 1. The Labute approximate surface area is 130 Å². The van der Waals surface area contributed by atoms with Crippen LogP contribution in [0.5, 0.6) is 5.75 Å². The van der Waals surface area contributed by atoms with Gasteiger partial charge in [-0.1, -0.05) is 12.1 Å². The number of hydrogen-bond acceptors (Lipinski definition) is 4. The summed E-state index contributed by atoms with van der Waals surface area (Å²) < 4.78 is 6.87. The molecule has 3 N–H and O–H groups in total. The molecule has 0 saturated carbocycles. The average Bonchev–Trinajstić information content (AvgIpc) is 3.01. The molecule has 0 saturated heterocycles. The summed E-state index contributed by atoms with van der Waals surface area (Å²) >= 11 is 0. The van der Waals surface area contributed by atoms with E-state index in [-0.39, 0.29) is 5.91 Å². The van der Waals surface area contributed by atoms with E-state index < -0.39 is 0 Å². The van der Waals surface area contributed by atoms with Gasteiger partial charge in [0.15, 0.2) is 0 Å². The molecule has 2 aromatic rings. The van der Waals surface area contributed by atoms with Crippen LogP contribution in [0.2, 0.25) is 0 Å². The molecule has 118 valence electrons. The van der Waals surface area contributed by atoms with Crippen LogP contribution in [0.25, 0.3) is 0 Å². The van der Waals surface area contributed by atoms with Crippen molar-refractivity contribution in [2.24, 2.45) is 5.73 Å². The van der Waals surface area contributed by atoms with Gasteiger partial charge in [0, 0.05) is 12.7 Å². The lowest BCUT2D eigenvalue weighted by molar-refractivity contribution is 0.0953. The van der Waals surface area contributed by atoms with Crippen LogP contribution in [0.4, 0.5) is 0 Å². The van der Waals surface area contributed by atoms with Crippen LogP contribution >= 0.6 is 0 Å². The molecular weight excluding hydrogens is 280 g/mol. The normalized spacial score (nSPS) is 10.5. The quantitative estimate of drug-likeness (QED) is 0.722. The summed E-state index contributed by atoms with van der Waals surface area (Å²) in [6.07, 6.45) is 5.14. The zero-order valence-corrected chi connectivity index (χ0v) is 12.8. The van der Waals surface area contributed by atoms with Crippen molar-refractivity contribution in [3.63, 3.8) is 0 Å². The molecule has 0 unspecified atom stereocenters. The highest BCUT2D eigenvalue weighted by Gasteiger charge is 2.08. The van der Waals surface area contributed by atoms with Gasteiger partial charge >= 0.3 is 0 Å². The van der Waals surface area contributed by atoms with Crippen LogP contribution in [0, 0.1) is 0 Å². The molecule has 0 bridgehead atoms. The van der Waals surface area contributed by atoms with Crippen LogP contribution in [0.3, 0.4) is 0 Å². The highest BCUT2D eigenvalue weighted by molar-refractivity contribution is 5.93. The SMILES string of the molecule is COc1ccc(Cn2cc(C(=O)NCCCCN)cn2)cc1. The monoisotopic (exact) mass is 302 g/mol. The maximum absolute atomic E-state index is 11.9. The summed E-state index contributed by atoms with van der Waals surface area (Å²) in [6.45, 7) is 1.90. The standard InChI is InChI=1S/C16H22N4O2/c1-22-15-6-4-13(5-7-15)11-20-12-14(10-19-20)16(21)18-9-3-2-8-17/h4-7,10,12H,2-3,8-9,11,17H2,1H3,(H,18,21). The Balaban J connectivity index is 1.88. The van der Waals surface area contributed by atoms with E-state index >= 15 is 0 Å². The van der Waals surface area contributed by atoms with Gasteiger partial charge in [0.25, 0.3) is 5.91 Å². The van der Waals surface area contributed by atoms with Crippen molar-refractivity contribution >= 4 is 5.91 Å². The zero-order valence-electron chi connectivity index (χ0n) is 12.8. The molecule has 1 aromatic heterocycles. The van der Waals surface area contributed by atoms with Gasteiger partial charge in [-0.2, -0.15) is 5.10 Å². The molecule has 1 amide bonds. The van der Waals surface area contributed by atoms with E-state index in [0.717, 1.165) is 24.2 Å². The van der Waals surface area contributed by atoms with Crippen molar-refractivity contribution in [1.29, 1.82) is 0 Å². The number of methoxy groups -OCH3 is 1. The second kappa shape index (κ2) is 8.19. The van der Waals surface area contributed by atoms with Gasteiger partial charge in [-0.15, -0.1) is 0 Å². The first-order chi connectivity index (χ1) is 10.7. The van der Waals surface area contributed by atoms with Crippen molar-refractivity contribution in [3.05, 3.63) is 47.8 Å². The molecule has 0 aliphatic carbocycles. The maximum atomic E-state index is 11.9. The Morgan fingerprint density at radius 1 is 1.32 bits per heavy atom. The van der Waals surface area contributed by atoms with Crippen molar-refractivity contribution in [1.82, 2.24) is 15.1 Å². The number of nitrogens with two attached hydrogens (primary N) is 1. The number of rotatable bonds is 8. The minimum atomic E-state index is -0.0991. The van der Waals surface area contributed by atoms with Gasteiger partial charge in [-0.3, -0.25) is 9.48 Å². The third kappa shape index (κ3) is 4.60. The molecule has 0 radical (unpaired) electrons. The summed E-state index contributed by atoms with van der Waals surface area (Å²) in [5.74, 6) is 0.722. The molecule has 0 aliphatic heterocycles.